The van der Waals surface area contributed by atoms with Gasteiger partial charge in [0.2, 0.25) is 0 Å². The maximum atomic E-state index is 11.3. The molecule has 0 spiro atoms. The predicted molar refractivity (Wildman–Crippen MR) is 105 cm³/mol. The van der Waals surface area contributed by atoms with Crippen LogP contribution in [-0.2, 0) is 19.2 Å². The van der Waals surface area contributed by atoms with E-state index < -0.39 is 5.60 Å². The molecule has 0 radical (unpaired) electrons. The van der Waals surface area contributed by atoms with Crippen molar-refractivity contribution in [3.05, 3.63) is 60.2 Å². The quantitative estimate of drug-likeness (QED) is 0.795. The summed E-state index contributed by atoms with van der Waals surface area (Å²) in [5, 5.41) is 11.3. The Kier molecular flexibility index (Phi) is 4.82. The highest BCUT2D eigenvalue weighted by atomic mass is 16.5. The Hall–Kier alpha value is -2.11. The van der Waals surface area contributed by atoms with Crippen molar-refractivity contribution >= 4 is 0 Å². The van der Waals surface area contributed by atoms with E-state index in [2.05, 4.69) is 28.6 Å². The van der Waals surface area contributed by atoms with Gasteiger partial charge in [0.25, 0.3) is 0 Å². The van der Waals surface area contributed by atoms with Crippen LogP contribution in [0.5, 0.6) is 5.75 Å². The molecule has 2 saturated heterocycles. The standard InChI is InChI=1S/C22H29N3O2/c1-16(2)15-27-20-7-5-4-6-17(20)14-25-18-8-9-19(25)13-22(26,12-18)21-23-10-11-24(21)3/h4-7,10-11,18-19,26H,1,8-9,12-15H2,2-3H3/t18-,19+,22?. The number of hydrogen-bond acceptors (Lipinski definition) is 4. The van der Waals surface area contributed by atoms with Crippen LogP contribution in [0.3, 0.4) is 0 Å². The van der Waals surface area contributed by atoms with E-state index in [1.165, 1.54) is 5.56 Å². The van der Waals surface area contributed by atoms with Gasteiger partial charge in [0.15, 0.2) is 0 Å². The number of imidazole rings is 1. The van der Waals surface area contributed by atoms with Gasteiger partial charge in [0, 0.05) is 43.6 Å². The lowest BCUT2D eigenvalue weighted by molar-refractivity contribution is -0.0670. The minimum atomic E-state index is -0.823. The lowest BCUT2D eigenvalue weighted by atomic mass is 9.85. The van der Waals surface area contributed by atoms with Gasteiger partial charge >= 0.3 is 0 Å². The number of fused-ring (bicyclic) bond motifs is 2. The average molecular weight is 367 g/mol. The maximum Gasteiger partial charge on any atom is 0.140 e. The van der Waals surface area contributed by atoms with E-state index in [4.69, 9.17) is 4.74 Å². The number of aliphatic hydroxyl groups is 1. The molecule has 2 aromatic rings. The van der Waals surface area contributed by atoms with Gasteiger partial charge in [-0.05, 0) is 44.2 Å². The van der Waals surface area contributed by atoms with Crippen LogP contribution in [-0.4, -0.2) is 38.2 Å². The summed E-state index contributed by atoms with van der Waals surface area (Å²) < 4.78 is 7.91. The Bertz CT molecular complexity index is 814. The Morgan fingerprint density at radius 2 is 2.00 bits per heavy atom. The molecule has 1 aromatic heterocycles. The molecule has 2 aliphatic rings. The number of benzene rings is 1. The van der Waals surface area contributed by atoms with Gasteiger partial charge < -0.3 is 14.4 Å². The summed E-state index contributed by atoms with van der Waals surface area (Å²) in [6, 6.07) is 9.02. The Labute approximate surface area is 161 Å². The first-order valence-electron chi connectivity index (χ1n) is 9.77. The molecule has 2 fully saturated rings. The minimum Gasteiger partial charge on any atom is -0.489 e. The summed E-state index contributed by atoms with van der Waals surface area (Å²) in [6.07, 6.45) is 7.43. The van der Waals surface area contributed by atoms with Gasteiger partial charge in [0.05, 0.1) is 0 Å². The van der Waals surface area contributed by atoms with Gasteiger partial charge in [-0.2, -0.15) is 0 Å². The lowest BCUT2D eigenvalue weighted by Crippen LogP contribution is -2.50. The first kappa shape index (κ1) is 18.3. The van der Waals surface area contributed by atoms with Gasteiger partial charge in [-0.3, -0.25) is 4.90 Å². The number of piperidine rings is 1. The van der Waals surface area contributed by atoms with Crippen molar-refractivity contribution in [2.24, 2.45) is 7.05 Å². The SMILES string of the molecule is C=C(C)COc1ccccc1CN1[C@@H]2CC[C@H]1CC(O)(c1nccn1C)C2. The first-order chi connectivity index (χ1) is 13.0. The fraction of sp³-hybridized carbons (Fsp3) is 0.500. The fourth-order valence-corrected chi connectivity index (χ4v) is 4.74. The molecule has 3 heterocycles. The van der Waals surface area contributed by atoms with Crippen LogP contribution in [0.15, 0.2) is 48.8 Å². The van der Waals surface area contributed by atoms with Gasteiger partial charge in [-0.1, -0.05) is 24.8 Å². The Morgan fingerprint density at radius 3 is 2.63 bits per heavy atom. The molecule has 1 aromatic carbocycles. The van der Waals surface area contributed by atoms with Crippen LogP contribution in [0.2, 0.25) is 0 Å². The van der Waals surface area contributed by atoms with Crippen LogP contribution in [0, 0.1) is 0 Å². The third-order valence-corrected chi connectivity index (χ3v) is 5.95. The highest BCUT2D eigenvalue weighted by Gasteiger charge is 2.49. The largest absolute Gasteiger partial charge is 0.489 e. The molecule has 5 heteroatoms. The van der Waals surface area contributed by atoms with Crippen LogP contribution < -0.4 is 4.74 Å². The normalized spacial score (nSPS) is 27.7. The molecule has 5 nitrogen and oxygen atoms in total. The maximum absolute atomic E-state index is 11.3. The number of aromatic nitrogens is 2. The number of para-hydroxylation sites is 1. The second-order valence-corrected chi connectivity index (χ2v) is 8.21. The first-order valence-corrected chi connectivity index (χ1v) is 9.77. The van der Waals surface area contributed by atoms with E-state index in [0.717, 1.165) is 49.4 Å². The monoisotopic (exact) mass is 367 g/mol. The highest BCUT2D eigenvalue weighted by molar-refractivity contribution is 5.34. The van der Waals surface area contributed by atoms with Crippen LogP contribution in [0.25, 0.3) is 0 Å². The van der Waals surface area contributed by atoms with E-state index in [9.17, 15) is 5.11 Å². The van der Waals surface area contributed by atoms with Crippen molar-refractivity contribution in [2.75, 3.05) is 6.61 Å². The third kappa shape index (κ3) is 3.54. The summed E-state index contributed by atoms with van der Waals surface area (Å²) in [7, 11) is 1.96. The third-order valence-electron chi connectivity index (χ3n) is 5.95. The summed E-state index contributed by atoms with van der Waals surface area (Å²) in [4.78, 5) is 6.99. The zero-order chi connectivity index (χ0) is 19.0. The van der Waals surface area contributed by atoms with Gasteiger partial charge in [-0.15, -0.1) is 0 Å². The van der Waals surface area contributed by atoms with Crippen LogP contribution in [0.4, 0.5) is 0 Å². The molecule has 1 N–H and O–H groups in total. The minimum absolute atomic E-state index is 0.375. The molecule has 144 valence electrons. The van der Waals surface area contributed by atoms with E-state index in [0.29, 0.717) is 18.7 Å². The summed E-state index contributed by atoms with van der Waals surface area (Å²) in [5.41, 5.74) is 1.40. The van der Waals surface area contributed by atoms with Crippen molar-refractivity contribution in [1.29, 1.82) is 0 Å². The zero-order valence-corrected chi connectivity index (χ0v) is 16.3. The van der Waals surface area contributed by atoms with E-state index >= 15 is 0 Å². The van der Waals surface area contributed by atoms with Crippen molar-refractivity contribution in [3.63, 3.8) is 0 Å². The second-order valence-electron chi connectivity index (χ2n) is 8.21. The lowest BCUT2D eigenvalue weighted by Gasteiger charge is -2.43. The molecule has 27 heavy (non-hydrogen) atoms. The van der Waals surface area contributed by atoms with Gasteiger partial charge in [-0.25, -0.2) is 4.98 Å². The van der Waals surface area contributed by atoms with Crippen molar-refractivity contribution in [3.8, 4) is 5.75 Å². The summed E-state index contributed by atoms with van der Waals surface area (Å²) >= 11 is 0. The average Bonchev–Trinajstić information content (AvgIpc) is 3.17. The number of rotatable bonds is 6. The molecule has 2 bridgehead atoms. The van der Waals surface area contributed by atoms with Crippen LogP contribution >= 0.6 is 0 Å². The number of aryl methyl sites for hydroxylation is 1. The Morgan fingerprint density at radius 1 is 1.30 bits per heavy atom. The molecule has 4 rings (SSSR count). The highest BCUT2D eigenvalue weighted by Crippen LogP contribution is 2.46. The summed E-state index contributed by atoms with van der Waals surface area (Å²) in [5.74, 6) is 1.73. The fourth-order valence-electron chi connectivity index (χ4n) is 4.74. The van der Waals surface area contributed by atoms with E-state index in [1.807, 2.05) is 36.9 Å². The second kappa shape index (κ2) is 7.13. The molecule has 0 saturated carbocycles. The zero-order valence-electron chi connectivity index (χ0n) is 16.3. The molecule has 3 atom stereocenters. The molecule has 1 unspecified atom stereocenters. The predicted octanol–water partition coefficient (Wildman–Crippen LogP) is 3.39. The number of hydrogen-bond donors (Lipinski definition) is 1. The molecule has 0 aliphatic carbocycles. The van der Waals surface area contributed by atoms with Gasteiger partial charge in [0.1, 0.15) is 23.8 Å². The van der Waals surface area contributed by atoms with Crippen molar-refractivity contribution < 1.29 is 9.84 Å². The van der Waals surface area contributed by atoms with Crippen molar-refractivity contribution in [2.45, 2.75) is 56.8 Å². The smallest absolute Gasteiger partial charge is 0.140 e. The molecular weight excluding hydrogens is 338 g/mol. The Balaban J connectivity index is 1.51. The topological polar surface area (TPSA) is 50.5 Å². The molecule has 2 aliphatic heterocycles. The molecular formula is C22H29N3O2. The van der Waals surface area contributed by atoms with Crippen molar-refractivity contribution in [1.82, 2.24) is 14.5 Å². The van der Waals surface area contributed by atoms with E-state index in [-0.39, 0.29) is 0 Å². The van der Waals surface area contributed by atoms with E-state index in [1.54, 1.807) is 6.20 Å². The number of nitrogens with zero attached hydrogens (tertiary/aromatic N) is 3. The van der Waals surface area contributed by atoms with Crippen LogP contribution in [0.1, 0.15) is 44.0 Å². The molecule has 0 amide bonds. The number of ether oxygens (including phenoxy) is 1. The summed E-state index contributed by atoms with van der Waals surface area (Å²) in [6.45, 7) is 7.31.